The molecule has 5 heteroatoms. The predicted molar refractivity (Wildman–Crippen MR) is 141 cm³/mol. The molecule has 0 fully saturated rings. The van der Waals surface area contributed by atoms with Crippen LogP contribution in [-0.2, 0) is 4.74 Å². The Morgan fingerprint density at radius 2 is 1.39 bits per heavy atom. The van der Waals surface area contributed by atoms with Gasteiger partial charge < -0.3 is 20.3 Å². The predicted octanol–water partition coefficient (Wildman–Crippen LogP) is 5.68. The van der Waals surface area contributed by atoms with Crippen molar-refractivity contribution in [2.24, 2.45) is 0 Å². The van der Waals surface area contributed by atoms with Crippen LogP contribution in [0.15, 0.2) is 103 Å². The first kappa shape index (κ1) is 23.8. The number of aliphatic hydroxyl groups excluding tert-OH is 2. The number of nitrogens with one attached hydrogen (secondary N) is 1. The van der Waals surface area contributed by atoms with Gasteiger partial charge in [0.1, 0.15) is 12.7 Å². The van der Waals surface area contributed by atoms with Gasteiger partial charge in [-0.15, -0.1) is 0 Å². The summed E-state index contributed by atoms with van der Waals surface area (Å²) in [6.07, 6.45) is -2.42. The molecule has 1 aliphatic rings. The molecule has 5 nitrogen and oxygen atoms in total. The molecule has 0 aliphatic heterocycles. The number of alkyl carbamates (subject to hydrolysis) is 1. The van der Waals surface area contributed by atoms with Crippen molar-refractivity contribution >= 4 is 6.09 Å². The van der Waals surface area contributed by atoms with E-state index < -0.39 is 18.3 Å². The number of rotatable bonds is 8. The van der Waals surface area contributed by atoms with Gasteiger partial charge in [-0.1, -0.05) is 97.1 Å². The lowest BCUT2D eigenvalue weighted by Gasteiger charge is -2.19. The summed E-state index contributed by atoms with van der Waals surface area (Å²) in [4.78, 5) is 12.4. The minimum Gasteiger partial charge on any atom is -0.449 e. The second kappa shape index (κ2) is 10.8. The Morgan fingerprint density at radius 1 is 0.778 bits per heavy atom. The molecular weight excluding hydrogens is 450 g/mol. The fraction of sp³-hybridized carbons (Fsp3) is 0.194. The number of benzene rings is 4. The van der Waals surface area contributed by atoms with Crippen molar-refractivity contribution in [3.8, 4) is 22.3 Å². The van der Waals surface area contributed by atoms with Gasteiger partial charge in [0.2, 0.25) is 0 Å². The van der Waals surface area contributed by atoms with E-state index in [9.17, 15) is 15.0 Å². The Morgan fingerprint density at radius 3 is 2.08 bits per heavy atom. The van der Waals surface area contributed by atoms with Crippen molar-refractivity contribution < 1.29 is 19.7 Å². The molecule has 0 radical (unpaired) electrons. The van der Waals surface area contributed by atoms with Gasteiger partial charge >= 0.3 is 6.09 Å². The third kappa shape index (κ3) is 5.03. The molecule has 4 aromatic carbocycles. The van der Waals surface area contributed by atoms with Gasteiger partial charge in [-0.25, -0.2) is 4.79 Å². The summed E-state index contributed by atoms with van der Waals surface area (Å²) in [6, 6.07) is 33.7. The van der Waals surface area contributed by atoms with Gasteiger partial charge in [0.15, 0.2) is 0 Å². The van der Waals surface area contributed by atoms with Crippen LogP contribution >= 0.6 is 0 Å². The number of fused-ring (bicyclic) bond motifs is 3. The molecule has 0 spiro atoms. The van der Waals surface area contributed by atoms with Crippen LogP contribution in [0.4, 0.5) is 4.79 Å². The molecule has 2 unspecified atom stereocenters. The normalized spacial score (nSPS) is 13.9. The maximum Gasteiger partial charge on any atom is 0.407 e. The summed E-state index contributed by atoms with van der Waals surface area (Å²) in [5.74, 6) is -0.00699. The van der Waals surface area contributed by atoms with Crippen LogP contribution in [-0.4, -0.2) is 35.6 Å². The molecule has 36 heavy (non-hydrogen) atoms. The van der Waals surface area contributed by atoms with E-state index in [1.807, 2.05) is 72.8 Å². The quantitative estimate of drug-likeness (QED) is 0.304. The Hall–Kier alpha value is -3.93. The van der Waals surface area contributed by atoms with E-state index in [1.54, 1.807) is 6.07 Å². The van der Waals surface area contributed by atoms with Crippen LogP contribution in [0, 0.1) is 0 Å². The third-order valence-corrected chi connectivity index (χ3v) is 6.75. The van der Waals surface area contributed by atoms with E-state index in [4.69, 9.17) is 4.74 Å². The molecule has 3 N–H and O–H groups in total. The Labute approximate surface area is 211 Å². The maximum atomic E-state index is 12.4. The third-order valence-electron chi connectivity index (χ3n) is 6.75. The van der Waals surface area contributed by atoms with Crippen LogP contribution in [0.2, 0.25) is 0 Å². The first-order chi connectivity index (χ1) is 17.6. The molecular formula is C31H29NO4. The van der Waals surface area contributed by atoms with Crippen molar-refractivity contribution in [1.29, 1.82) is 0 Å². The largest absolute Gasteiger partial charge is 0.449 e. The first-order valence-corrected chi connectivity index (χ1v) is 12.2. The first-order valence-electron chi connectivity index (χ1n) is 12.2. The average Bonchev–Trinajstić information content (AvgIpc) is 3.25. The van der Waals surface area contributed by atoms with Gasteiger partial charge in [0.25, 0.3) is 0 Å². The van der Waals surface area contributed by atoms with Gasteiger partial charge in [-0.05, 0) is 51.4 Å². The maximum absolute atomic E-state index is 12.4. The highest BCUT2D eigenvalue weighted by Gasteiger charge is 2.29. The number of carbonyl (C=O) groups is 1. The summed E-state index contributed by atoms with van der Waals surface area (Å²) < 4.78 is 5.54. The van der Waals surface area contributed by atoms with E-state index in [-0.39, 0.29) is 25.5 Å². The van der Waals surface area contributed by atoms with Gasteiger partial charge in [0.05, 0.1) is 6.10 Å². The van der Waals surface area contributed by atoms with E-state index in [0.29, 0.717) is 5.56 Å². The molecule has 0 bridgehead atoms. The molecule has 2 atom stereocenters. The van der Waals surface area contributed by atoms with Crippen LogP contribution < -0.4 is 5.32 Å². The fourth-order valence-electron chi connectivity index (χ4n) is 4.88. The fourth-order valence-corrected chi connectivity index (χ4v) is 4.88. The summed E-state index contributed by atoms with van der Waals surface area (Å²) in [7, 11) is 0. The van der Waals surface area contributed by atoms with Crippen LogP contribution in [0.1, 0.15) is 35.1 Å². The minimum absolute atomic E-state index is 0.00699. The highest BCUT2D eigenvalue weighted by atomic mass is 16.5. The van der Waals surface area contributed by atoms with Crippen molar-refractivity contribution in [2.45, 2.75) is 24.5 Å². The molecule has 5 rings (SSSR count). The monoisotopic (exact) mass is 479 g/mol. The summed E-state index contributed by atoms with van der Waals surface area (Å²) in [5.41, 5.74) is 7.30. The lowest BCUT2D eigenvalue weighted by atomic mass is 9.97. The lowest BCUT2D eigenvalue weighted by molar-refractivity contribution is 0.0137. The Balaban J connectivity index is 1.13. The molecule has 0 saturated heterocycles. The Kier molecular flexibility index (Phi) is 7.12. The lowest BCUT2D eigenvalue weighted by Crippen LogP contribution is -2.30. The van der Waals surface area contributed by atoms with Crippen molar-refractivity contribution in [3.63, 3.8) is 0 Å². The summed E-state index contributed by atoms with van der Waals surface area (Å²) in [6.45, 7) is 0.421. The minimum atomic E-state index is -1.06. The van der Waals surface area contributed by atoms with Gasteiger partial charge in [0, 0.05) is 12.5 Å². The smallest absolute Gasteiger partial charge is 0.407 e. The van der Waals surface area contributed by atoms with E-state index in [1.165, 1.54) is 11.1 Å². The van der Waals surface area contributed by atoms with Gasteiger partial charge in [-0.3, -0.25) is 0 Å². The van der Waals surface area contributed by atoms with Crippen LogP contribution in [0.3, 0.4) is 0 Å². The molecule has 0 aromatic heterocycles. The zero-order valence-corrected chi connectivity index (χ0v) is 19.9. The summed E-state index contributed by atoms with van der Waals surface area (Å²) in [5, 5.41) is 23.9. The number of carbonyl (C=O) groups excluding carboxylic acids is 1. The zero-order valence-electron chi connectivity index (χ0n) is 19.9. The SMILES string of the molecule is O=C(NCCC(O)C(O)c1cccc(-c2ccccc2)c1)OCC1c2ccccc2-c2ccccc21. The van der Waals surface area contributed by atoms with E-state index >= 15 is 0 Å². The van der Waals surface area contributed by atoms with E-state index in [2.05, 4.69) is 29.6 Å². The molecule has 0 saturated carbocycles. The van der Waals surface area contributed by atoms with Gasteiger partial charge in [-0.2, -0.15) is 0 Å². The number of aliphatic hydroxyl groups is 2. The average molecular weight is 480 g/mol. The zero-order chi connectivity index (χ0) is 24.9. The standard InChI is InChI=1S/C31H29NO4/c33-29(30(34)23-12-8-11-22(19-23)21-9-2-1-3-10-21)17-18-32-31(35)36-20-28-26-15-6-4-13-24(26)25-14-5-7-16-27(25)28/h1-16,19,28-30,33-34H,17-18,20H2,(H,32,35). The summed E-state index contributed by atoms with van der Waals surface area (Å²) >= 11 is 0. The van der Waals surface area contributed by atoms with Crippen LogP contribution in [0.25, 0.3) is 22.3 Å². The highest BCUT2D eigenvalue weighted by Crippen LogP contribution is 2.44. The van der Waals surface area contributed by atoms with Crippen molar-refractivity contribution in [3.05, 3.63) is 120 Å². The topological polar surface area (TPSA) is 78.8 Å². The molecule has 182 valence electrons. The number of amides is 1. The van der Waals surface area contributed by atoms with Crippen molar-refractivity contribution in [1.82, 2.24) is 5.32 Å². The number of hydrogen-bond acceptors (Lipinski definition) is 4. The van der Waals surface area contributed by atoms with Crippen molar-refractivity contribution in [2.75, 3.05) is 13.2 Å². The van der Waals surface area contributed by atoms with Crippen LogP contribution in [0.5, 0.6) is 0 Å². The molecule has 1 amide bonds. The second-order valence-corrected chi connectivity index (χ2v) is 9.04. The highest BCUT2D eigenvalue weighted by molar-refractivity contribution is 5.79. The molecule has 4 aromatic rings. The molecule has 0 heterocycles. The number of hydrogen-bond donors (Lipinski definition) is 3. The Bertz CT molecular complexity index is 1290. The van der Waals surface area contributed by atoms with E-state index in [0.717, 1.165) is 22.3 Å². The second-order valence-electron chi connectivity index (χ2n) is 9.04. The number of ether oxygens (including phenoxy) is 1. The molecule has 1 aliphatic carbocycles.